The second kappa shape index (κ2) is 8.01. The smallest absolute Gasteiger partial charge is 0.314 e. The highest BCUT2D eigenvalue weighted by molar-refractivity contribution is 5.73. The largest absolute Gasteiger partial charge is 0.458 e. The molecule has 0 radical (unpaired) electrons. The van der Waals surface area contributed by atoms with Crippen molar-refractivity contribution in [3.8, 4) is 11.5 Å². The van der Waals surface area contributed by atoms with Crippen molar-refractivity contribution in [2.75, 3.05) is 26.2 Å². The van der Waals surface area contributed by atoms with Gasteiger partial charge in [0.25, 0.3) is 0 Å². The summed E-state index contributed by atoms with van der Waals surface area (Å²) >= 11 is 0. The maximum Gasteiger partial charge on any atom is 0.314 e. The van der Waals surface area contributed by atoms with Gasteiger partial charge in [-0.1, -0.05) is 0 Å². The van der Waals surface area contributed by atoms with Gasteiger partial charge < -0.3 is 15.1 Å². The minimum absolute atomic E-state index is 0.0788. The van der Waals surface area contributed by atoms with Gasteiger partial charge in [-0.3, -0.25) is 10.00 Å². The Balaban J connectivity index is 1.49. The van der Waals surface area contributed by atoms with Crippen molar-refractivity contribution in [2.24, 2.45) is 5.92 Å². The van der Waals surface area contributed by atoms with Gasteiger partial charge in [0.15, 0.2) is 5.76 Å². The van der Waals surface area contributed by atoms with E-state index < -0.39 is 0 Å². The molecule has 130 valence electrons. The van der Waals surface area contributed by atoms with E-state index in [2.05, 4.69) is 25.7 Å². The van der Waals surface area contributed by atoms with Crippen molar-refractivity contribution in [1.82, 2.24) is 25.7 Å². The molecule has 2 amide bonds. The third-order valence-corrected chi connectivity index (χ3v) is 4.30. The molecule has 2 aromatic rings. The average Bonchev–Trinajstić information content (AvgIpc) is 3.25. The summed E-state index contributed by atoms with van der Waals surface area (Å²) in [6.07, 6.45) is 4.02. The molecule has 0 saturated carbocycles. The maximum atomic E-state index is 11.5. The molecule has 7 heteroatoms. The number of urea groups is 1. The SMILES string of the molecule is CCNC(=O)NCC1CCCN(Cc2ccc(-c3ccn[nH]3)o2)C1. The maximum absolute atomic E-state index is 11.5. The quantitative estimate of drug-likeness (QED) is 0.757. The number of furan rings is 1. The summed E-state index contributed by atoms with van der Waals surface area (Å²) in [7, 11) is 0. The first-order valence-electron chi connectivity index (χ1n) is 8.57. The third kappa shape index (κ3) is 4.38. The summed E-state index contributed by atoms with van der Waals surface area (Å²) in [4.78, 5) is 13.9. The van der Waals surface area contributed by atoms with Gasteiger partial charge in [-0.15, -0.1) is 0 Å². The van der Waals surface area contributed by atoms with E-state index >= 15 is 0 Å². The highest BCUT2D eigenvalue weighted by Gasteiger charge is 2.21. The Hall–Kier alpha value is -2.28. The van der Waals surface area contributed by atoms with E-state index in [0.717, 1.165) is 56.2 Å². The molecule has 1 saturated heterocycles. The number of carbonyl (C=O) groups is 1. The Morgan fingerprint density at radius 2 is 2.33 bits per heavy atom. The van der Waals surface area contributed by atoms with Crippen molar-refractivity contribution in [2.45, 2.75) is 26.3 Å². The van der Waals surface area contributed by atoms with Crippen molar-refractivity contribution in [3.63, 3.8) is 0 Å². The zero-order chi connectivity index (χ0) is 16.8. The predicted octanol–water partition coefficient (Wildman–Crippen LogP) is 2.20. The number of hydrogen-bond acceptors (Lipinski definition) is 4. The van der Waals surface area contributed by atoms with Crippen LogP contribution in [0.5, 0.6) is 0 Å². The second-order valence-corrected chi connectivity index (χ2v) is 6.22. The fourth-order valence-electron chi connectivity index (χ4n) is 3.14. The van der Waals surface area contributed by atoms with Crippen molar-refractivity contribution < 1.29 is 9.21 Å². The van der Waals surface area contributed by atoms with Gasteiger partial charge in [-0.05, 0) is 50.4 Å². The van der Waals surface area contributed by atoms with Crippen molar-refractivity contribution in [3.05, 3.63) is 30.2 Å². The minimum atomic E-state index is -0.0788. The van der Waals surface area contributed by atoms with Crippen LogP contribution < -0.4 is 10.6 Å². The molecule has 7 nitrogen and oxygen atoms in total. The molecule has 0 aromatic carbocycles. The summed E-state index contributed by atoms with van der Waals surface area (Å²) in [5.74, 6) is 2.26. The Kier molecular flexibility index (Phi) is 5.53. The van der Waals surface area contributed by atoms with Crippen LogP contribution in [0.25, 0.3) is 11.5 Å². The first-order chi connectivity index (χ1) is 11.7. The van der Waals surface area contributed by atoms with Crippen molar-refractivity contribution >= 4 is 6.03 Å². The fourth-order valence-corrected chi connectivity index (χ4v) is 3.14. The molecule has 1 fully saturated rings. The molecule has 1 aliphatic heterocycles. The van der Waals surface area contributed by atoms with E-state index in [4.69, 9.17) is 4.42 Å². The summed E-state index contributed by atoms with van der Waals surface area (Å²) in [6.45, 7) is 6.14. The van der Waals surface area contributed by atoms with Crippen LogP contribution in [-0.2, 0) is 6.54 Å². The molecular weight excluding hydrogens is 306 g/mol. The van der Waals surface area contributed by atoms with Crippen LogP contribution in [0, 0.1) is 5.92 Å². The second-order valence-electron chi connectivity index (χ2n) is 6.22. The monoisotopic (exact) mass is 331 g/mol. The van der Waals surface area contributed by atoms with Gasteiger partial charge in [0.1, 0.15) is 11.5 Å². The number of aromatic nitrogens is 2. The lowest BCUT2D eigenvalue weighted by molar-refractivity contribution is 0.156. The average molecular weight is 331 g/mol. The van der Waals surface area contributed by atoms with E-state index in [1.54, 1.807) is 6.20 Å². The molecule has 1 unspecified atom stereocenters. The van der Waals surface area contributed by atoms with Gasteiger partial charge in [0.2, 0.25) is 0 Å². The Morgan fingerprint density at radius 1 is 1.42 bits per heavy atom. The molecule has 3 heterocycles. The number of aromatic amines is 1. The zero-order valence-electron chi connectivity index (χ0n) is 14.0. The molecule has 0 bridgehead atoms. The topological polar surface area (TPSA) is 86.2 Å². The lowest BCUT2D eigenvalue weighted by Crippen LogP contribution is -2.43. The number of likely N-dealkylation sites (tertiary alicyclic amines) is 1. The predicted molar refractivity (Wildman–Crippen MR) is 91.4 cm³/mol. The number of rotatable bonds is 6. The number of nitrogens with one attached hydrogen (secondary N) is 3. The lowest BCUT2D eigenvalue weighted by Gasteiger charge is -2.32. The highest BCUT2D eigenvalue weighted by atomic mass is 16.3. The van der Waals surface area contributed by atoms with Gasteiger partial charge in [-0.2, -0.15) is 5.10 Å². The van der Waals surface area contributed by atoms with E-state index in [-0.39, 0.29) is 6.03 Å². The number of hydrogen-bond donors (Lipinski definition) is 3. The van der Waals surface area contributed by atoms with Gasteiger partial charge in [0, 0.05) is 25.8 Å². The highest BCUT2D eigenvalue weighted by Crippen LogP contribution is 2.23. The van der Waals surface area contributed by atoms with E-state index in [9.17, 15) is 4.79 Å². The van der Waals surface area contributed by atoms with E-state index in [0.29, 0.717) is 12.5 Å². The van der Waals surface area contributed by atoms with Gasteiger partial charge >= 0.3 is 6.03 Å². The molecule has 1 aliphatic rings. The number of nitrogens with zero attached hydrogens (tertiary/aromatic N) is 2. The van der Waals surface area contributed by atoms with Gasteiger partial charge in [0.05, 0.1) is 6.54 Å². The van der Waals surface area contributed by atoms with Crippen LogP contribution in [0.15, 0.2) is 28.8 Å². The van der Waals surface area contributed by atoms with Crippen LogP contribution in [0.2, 0.25) is 0 Å². The Morgan fingerprint density at radius 3 is 3.12 bits per heavy atom. The van der Waals surface area contributed by atoms with Crippen LogP contribution in [0.1, 0.15) is 25.5 Å². The first kappa shape index (κ1) is 16.6. The molecular formula is C17H25N5O2. The van der Waals surface area contributed by atoms with Gasteiger partial charge in [-0.25, -0.2) is 4.79 Å². The van der Waals surface area contributed by atoms with Crippen LogP contribution in [0.3, 0.4) is 0 Å². The fraction of sp³-hybridized carbons (Fsp3) is 0.529. The molecule has 2 aromatic heterocycles. The summed E-state index contributed by atoms with van der Waals surface area (Å²) in [6, 6.07) is 5.81. The normalized spacial score (nSPS) is 18.5. The van der Waals surface area contributed by atoms with Crippen LogP contribution in [-0.4, -0.2) is 47.3 Å². The summed E-state index contributed by atoms with van der Waals surface area (Å²) in [5.41, 5.74) is 0.893. The van der Waals surface area contributed by atoms with Crippen LogP contribution >= 0.6 is 0 Å². The summed E-state index contributed by atoms with van der Waals surface area (Å²) in [5, 5.41) is 12.6. The Bertz CT molecular complexity index is 637. The number of piperidine rings is 1. The standard InChI is InChI=1S/C17H25N5O2/c1-2-18-17(23)19-10-13-4-3-9-22(11-13)12-14-5-6-16(24-14)15-7-8-20-21-15/h5-8,13H,2-4,9-12H2,1H3,(H,20,21)(H2,18,19,23). The van der Waals surface area contributed by atoms with E-state index in [1.165, 1.54) is 0 Å². The summed E-state index contributed by atoms with van der Waals surface area (Å²) < 4.78 is 5.90. The Labute approximate surface area is 141 Å². The number of H-pyrrole nitrogens is 1. The minimum Gasteiger partial charge on any atom is -0.458 e. The molecule has 0 spiro atoms. The molecule has 1 atom stereocenters. The molecule has 3 rings (SSSR count). The number of carbonyl (C=O) groups excluding carboxylic acids is 1. The zero-order valence-corrected chi connectivity index (χ0v) is 14.0. The first-order valence-corrected chi connectivity index (χ1v) is 8.57. The third-order valence-electron chi connectivity index (χ3n) is 4.30. The van der Waals surface area contributed by atoms with E-state index in [1.807, 2.05) is 25.1 Å². The molecule has 0 aliphatic carbocycles. The lowest BCUT2D eigenvalue weighted by atomic mass is 9.98. The van der Waals surface area contributed by atoms with Crippen LogP contribution in [0.4, 0.5) is 4.79 Å². The molecule has 24 heavy (non-hydrogen) atoms. The number of amides is 2. The van der Waals surface area contributed by atoms with Crippen molar-refractivity contribution in [1.29, 1.82) is 0 Å². The molecule has 3 N–H and O–H groups in total.